The first-order chi connectivity index (χ1) is 7.69. The number of ether oxygens (including phenoxy) is 1. The van der Waals surface area contributed by atoms with E-state index >= 15 is 0 Å². The van der Waals surface area contributed by atoms with Crippen LogP contribution in [0, 0.1) is 0 Å². The van der Waals surface area contributed by atoms with E-state index in [0.29, 0.717) is 6.10 Å². The number of likely N-dealkylation sites (tertiary alicyclic amines) is 1. The first kappa shape index (κ1) is 12.4. The van der Waals surface area contributed by atoms with Crippen LogP contribution in [-0.4, -0.2) is 31.2 Å². The Bertz CT molecular complexity index is 372. The zero-order chi connectivity index (χ0) is 11.5. The van der Waals surface area contributed by atoms with Crippen molar-refractivity contribution in [3.05, 3.63) is 33.3 Å². The first-order valence-electron chi connectivity index (χ1n) is 5.38. The Morgan fingerprint density at radius 2 is 2.38 bits per heavy atom. The quantitative estimate of drug-likeness (QED) is 0.849. The average Bonchev–Trinajstić information content (AvgIpc) is 2.70. The summed E-state index contributed by atoms with van der Waals surface area (Å²) in [6.07, 6.45) is 1.52. The topological polar surface area (TPSA) is 12.5 Å². The molecule has 0 aliphatic carbocycles. The number of hydrogen-bond acceptors (Lipinski definition) is 2. The van der Waals surface area contributed by atoms with Crippen LogP contribution in [0.2, 0.25) is 5.02 Å². The van der Waals surface area contributed by atoms with Crippen LogP contribution in [0.3, 0.4) is 0 Å². The fraction of sp³-hybridized carbons (Fsp3) is 0.500. The van der Waals surface area contributed by atoms with Crippen LogP contribution in [-0.2, 0) is 11.3 Å². The molecular weight excluding hydrogens is 289 g/mol. The second-order valence-corrected chi connectivity index (χ2v) is 5.41. The van der Waals surface area contributed by atoms with Crippen molar-refractivity contribution in [1.82, 2.24) is 4.90 Å². The van der Waals surface area contributed by atoms with Gasteiger partial charge in [-0.05, 0) is 24.1 Å². The molecule has 1 aliphatic rings. The van der Waals surface area contributed by atoms with E-state index < -0.39 is 0 Å². The molecule has 88 valence electrons. The molecule has 0 N–H and O–H groups in total. The number of halogens is 2. The largest absolute Gasteiger partial charge is 0.380 e. The molecule has 16 heavy (non-hydrogen) atoms. The molecule has 0 aromatic heterocycles. The van der Waals surface area contributed by atoms with Crippen molar-refractivity contribution in [2.24, 2.45) is 0 Å². The SMILES string of the molecule is CO[C@@H]1CCN(Cc2ccc(Cl)cc2Br)C1. The van der Waals surface area contributed by atoms with Crippen LogP contribution < -0.4 is 0 Å². The molecule has 1 atom stereocenters. The predicted molar refractivity (Wildman–Crippen MR) is 69.8 cm³/mol. The molecule has 2 nitrogen and oxygen atoms in total. The molecule has 0 unspecified atom stereocenters. The summed E-state index contributed by atoms with van der Waals surface area (Å²) in [5, 5.41) is 0.770. The minimum atomic E-state index is 0.395. The molecule has 0 saturated carbocycles. The van der Waals surface area contributed by atoms with Gasteiger partial charge in [0, 0.05) is 36.2 Å². The van der Waals surface area contributed by atoms with Gasteiger partial charge >= 0.3 is 0 Å². The molecule has 0 amide bonds. The van der Waals surface area contributed by atoms with Crippen molar-refractivity contribution in [2.45, 2.75) is 19.1 Å². The van der Waals surface area contributed by atoms with Gasteiger partial charge in [-0.15, -0.1) is 0 Å². The van der Waals surface area contributed by atoms with E-state index in [4.69, 9.17) is 16.3 Å². The summed E-state index contributed by atoms with van der Waals surface area (Å²) in [6.45, 7) is 3.08. The van der Waals surface area contributed by atoms with Gasteiger partial charge in [-0.1, -0.05) is 33.6 Å². The molecule has 0 radical (unpaired) electrons. The van der Waals surface area contributed by atoms with Gasteiger partial charge in [-0.2, -0.15) is 0 Å². The summed E-state index contributed by atoms with van der Waals surface area (Å²) < 4.78 is 6.44. The molecule has 1 aliphatic heterocycles. The van der Waals surface area contributed by atoms with Gasteiger partial charge in [-0.3, -0.25) is 4.90 Å². The van der Waals surface area contributed by atoms with E-state index in [1.165, 1.54) is 5.56 Å². The lowest BCUT2D eigenvalue weighted by atomic mass is 10.2. The molecule has 1 fully saturated rings. The lowest BCUT2D eigenvalue weighted by molar-refractivity contribution is 0.107. The van der Waals surface area contributed by atoms with Crippen LogP contribution in [0.15, 0.2) is 22.7 Å². The van der Waals surface area contributed by atoms with Gasteiger partial charge in [0.2, 0.25) is 0 Å². The average molecular weight is 305 g/mol. The third-order valence-electron chi connectivity index (χ3n) is 2.97. The van der Waals surface area contributed by atoms with Gasteiger partial charge in [-0.25, -0.2) is 0 Å². The van der Waals surface area contributed by atoms with E-state index in [0.717, 1.165) is 35.6 Å². The first-order valence-corrected chi connectivity index (χ1v) is 6.55. The smallest absolute Gasteiger partial charge is 0.0710 e. The van der Waals surface area contributed by atoms with E-state index in [1.807, 2.05) is 12.1 Å². The highest BCUT2D eigenvalue weighted by Crippen LogP contribution is 2.24. The summed E-state index contributed by atoms with van der Waals surface area (Å²) in [6, 6.07) is 5.96. The predicted octanol–water partition coefficient (Wildman–Crippen LogP) is 3.32. The Hall–Kier alpha value is -0.0900. The van der Waals surface area contributed by atoms with Crippen LogP contribution in [0.25, 0.3) is 0 Å². The Morgan fingerprint density at radius 3 is 3.00 bits per heavy atom. The molecule has 1 aromatic carbocycles. The molecule has 0 spiro atoms. The van der Waals surface area contributed by atoms with Gasteiger partial charge in [0.15, 0.2) is 0 Å². The summed E-state index contributed by atoms with van der Waals surface area (Å²) in [7, 11) is 1.78. The van der Waals surface area contributed by atoms with Crippen molar-refractivity contribution < 1.29 is 4.74 Å². The van der Waals surface area contributed by atoms with Crippen molar-refractivity contribution in [1.29, 1.82) is 0 Å². The number of methoxy groups -OCH3 is 1. The highest BCUT2D eigenvalue weighted by Gasteiger charge is 2.22. The normalized spacial score (nSPS) is 21.6. The molecular formula is C12H15BrClNO. The van der Waals surface area contributed by atoms with Crippen molar-refractivity contribution in [3.63, 3.8) is 0 Å². The molecule has 4 heteroatoms. The Balaban J connectivity index is 1.99. The van der Waals surface area contributed by atoms with E-state index in [2.05, 4.69) is 26.9 Å². The fourth-order valence-electron chi connectivity index (χ4n) is 2.02. The van der Waals surface area contributed by atoms with Crippen LogP contribution in [0.4, 0.5) is 0 Å². The summed E-state index contributed by atoms with van der Waals surface area (Å²) in [5.74, 6) is 0. The molecule has 1 heterocycles. The monoisotopic (exact) mass is 303 g/mol. The fourth-order valence-corrected chi connectivity index (χ4v) is 2.83. The number of hydrogen-bond donors (Lipinski definition) is 0. The van der Waals surface area contributed by atoms with Crippen LogP contribution >= 0.6 is 27.5 Å². The van der Waals surface area contributed by atoms with Gasteiger partial charge in [0.25, 0.3) is 0 Å². The second-order valence-electron chi connectivity index (χ2n) is 4.12. The van der Waals surface area contributed by atoms with Crippen molar-refractivity contribution >= 4 is 27.5 Å². The van der Waals surface area contributed by atoms with Crippen LogP contribution in [0.5, 0.6) is 0 Å². The molecule has 0 bridgehead atoms. The molecule has 2 rings (SSSR count). The Kier molecular flexibility index (Phi) is 4.25. The molecule has 1 aromatic rings. The minimum absolute atomic E-state index is 0.395. The maximum absolute atomic E-state index is 5.92. The van der Waals surface area contributed by atoms with Gasteiger partial charge < -0.3 is 4.74 Å². The maximum Gasteiger partial charge on any atom is 0.0710 e. The van der Waals surface area contributed by atoms with Crippen molar-refractivity contribution in [3.8, 4) is 0 Å². The van der Waals surface area contributed by atoms with Crippen molar-refractivity contribution in [2.75, 3.05) is 20.2 Å². The third-order valence-corrected chi connectivity index (χ3v) is 3.94. The Labute approximate surface area is 110 Å². The second kappa shape index (κ2) is 5.50. The zero-order valence-electron chi connectivity index (χ0n) is 9.25. The van der Waals surface area contributed by atoms with E-state index in [1.54, 1.807) is 7.11 Å². The van der Waals surface area contributed by atoms with Gasteiger partial charge in [0.05, 0.1) is 6.10 Å². The number of nitrogens with zero attached hydrogens (tertiary/aromatic N) is 1. The molecule has 1 saturated heterocycles. The lowest BCUT2D eigenvalue weighted by Gasteiger charge is -2.16. The standard InChI is InChI=1S/C12H15BrClNO/c1-16-11-4-5-15(8-11)7-9-2-3-10(14)6-12(9)13/h2-3,6,11H,4-5,7-8H2,1H3/t11-/m1/s1. The third kappa shape index (κ3) is 2.98. The summed E-state index contributed by atoms with van der Waals surface area (Å²) in [4.78, 5) is 2.40. The highest BCUT2D eigenvalue weighted by molar-refractivity contribution is 9.10. The van der Waals surface area contributed by atoms with E-state index in [9.17, 15) is 0 Å². The van der Waals surface area contributed by atoms with Crippen LogP contribution in [0.1, 0.15) is 12.0 Å². The summed E-state index contributed by atoms with van der Waals surface area (Å²) >= 11 is 9.46. The zero-order valence-corrected chi connectivity index (χ0v) is 11.6. The lowest BCUT2D eigenvalue weighted by Crippen LogP contribution is -2.22. The minimum Gasteiger partial charge on any atom is -0.380 e. The highest BCUT2D eigenvalue weighted by atomic mass is 79.9. The Morgan fingerprint density at radius 1 is 1.56 bits per heavy atom. The maximum atomic E-state index is 5.92. The number of benzene rings is 1. The van der Waals surface area contributed by atoms with E-state index in [-0.39, 0.29) is 0 Å². The summed E-state index contributed by atoms with van der Waals surface area (Å²) in [5.41, 5.74) is 1.28. The number of rotatable bonds is 3. The van der Waals surface area contributed by atoms with Gasteiger partial charge in [0.1, 0.15) is 0 Å².